The van der Waals surface area contributed by atoms with E-state index < -0.39 is 11.9 Å². The van der Waals surface area contributed by atoms with Gasteiger partial charge >= 0.3 is 0 Å². The quantitative estimate of drug-likeness (QED) is 0.350. The lowest BCUT2D eigenvalue weighted by Gasteiger charge is -2.40. The molecule has 0 aromatic heterocycles. The number of fused-ring (bicyclic) bond motifs is 2. The van der Waals surface area contributed by atoms with E-state index in [9.17, 15) is 19.2 Å². The summed E-state index contributed by atoms with van der Waals surface area (Å²) in [5.74, 6) is -1.21. The first-order valence-electron chi connectivity index (χ1n) is 10.8. The molecule has 4 heterocycles. The molecule has 0 aliphatic carbocycles. The summed E-state index contributed by atoms with van der Waals surface area (Å²) in [5, 5.41) is 8.77. The summed E-state index contributed by atoms with van der Waals surface area (Å²) in [4.78, 5) is 55.8. The first kappa shape index (κ1) is 21.7. The van der Waals surface area contributed by atoms with Gasteiger partial charge in [-0.1, -0.05) is 0 Å². The number of hydrogen-bond acceptors (Lipinski definition) is 7. The monoisotopic (exact) mass is 552 g/mol. The SMILES string of the molecule is CN1CC(C(=O)Nc2cc3c(cc2I)CN(C2CCC(=O)NC2=O)C3=O)CN2CCNC12. The molecule has 5 rings (SSSR count). The molecule has 0 saturated carbocycles. The maximum atomic E-state index is 13.1. The highest BCUT2D eigenvalue weighted by Crippen LogP contribution is 2.33. The van der Waals surface area contributed by atoms with Gasteiger partial charge in [0.05, 0.1) is 11.6 Å². The van der Waals surface area contributed by atoms with Crippen molar-refractivity contribution < 1.29 is 19.2 Å². The number of carbonyl (C=O) groups excluding carboxylic acids is 4. The van der Waals surface area contributed by atoms with Gasteiger partial charge in [-0.15, -0.1) is 0 Å². The number of nitrogens with one attached hydrogen (secondary N) is 3. The van der Waals surface area contributed by atoms with Gasteiger partial charge in [-0.2, -0.15) is 0 Å². The van der Waals surface area contributed by atoms with Crippen LogP contribution in [0.15, 0.2) is 12.1 Å². The predicted octanol–water partition coefficient (Wildman–Crippen LogP) is -0.259. The summed E-state index contributed by atoms with van der Waals surface area (Å²) < 4.78 is 0.845. The molecule has 170 valence electrons. The zero-order valence-corrected chi connectivity index (χ0v) is 19.8. The summed E-state index contributed by atoms with van der Waals surface area (Å²) in [7, 11) is 2.01. The zero-order chi connectivity index (χ0) is 22.6. The van der Waals surface area contributed by atoms with Crippen molar-refractivity contribution in [3.05, 3.63) is 26.8 Å². The van der Waals surface area contributed by atoms with Crippen molar-refractivity contribution in [2.45, 2.75) is 31.7 Å². The van der Waals surface area contributed by atoms with Gasteiger partial charge in [0.1, 0.15) is 12.3 Å². The lowest BCUT2D eigenvalue weighted by Crippen LogP contribution is -2.58. The average Bonchev–Trinajstić information content (AvgIpc) is 3.34. The van der Waals surface area contributed by atoms with Crippen molar-refractivity contribution in [1.82, 2.24) is 25.3 Å². The van der Waals surface area contributed by atoms with E-state index in [1.807, 2.05) is 13.1 Å². The summed E-state index contributed by atoms with van der Waals surface area (Å²) in [6.07, 6.45) is 0.737. The molecule has 0 spiro atoms. The highest BCUT2D eigenvalue weighted by molar-refractivity contribution is 14.1. The Hall–Kier alpha value is -2.09. The van der Waals surface area contributed by atoms with Gasteiger partial charge in [0.15, 0.2) is 0 Å². The topological polar surface area (TPSA) is 114 Å². The predicted molar refractivity (Wildman–Crippen MR) is 123 cm³/mol. The molecule has 10 nitrogen and oxygen atoms in total. The van der Waals surface area contributed by atoms with E-state index in [0.29, 0.717) is 37.3 Å². The number of piperidine rings is 1. The van der Waals surface area contributed by atoms with E-state index in [4.69, 9.17) is 0 Å². The van der Waals surface area contributed by atoms with Crippen LogP contribution in [-0.2, 0) is 20.9 Å². The number of carbonyl (C=O) groups is 4. The van der Waals surface area contributed by atoms with Gasteiger partial charge < -0.3 is 10.2 Å². The fourth-order valence-electron chi connectivity index (χ4n) is 5.08. The Balaban J connectivity index is 1.31. The molecule has 3 unspecified atom stereocenters. The lowest BCUT2D eigenvalue weighted by molar-refractivity contribution is -0.137. The molecule has 4 aliphatic rings. The molecule has 3 N–H and O–H groups in total. The van der Waals surface area contributed by atoms with Crippen molar-refractivity contribution in [3.63, 3.8) is 0 Å². The van der Waals surface area contributed by atoms with Gasteiger partial charge in [0.2, 0.25) is 17.7 Å². The number of benzene rings is 1. The van der Waals surface area contributed by atoms with Crippen LogP contribution in [0.2, 0.25) is 0 Å². The first-order chi connectivity index (χ1) is 15.3. The van der Waals surface area contributed by atoms with E-state index in [-0.39, 0.29) is 36.3 Å². The number of halogens is 1. The van der Waals surface area contributed by atoms with Crippen molar-refractivity contribution in [2.24, 2.45) is 5.92 Å². The summed E-state index contributed by atoms with van der Waals surface area (Å²) in [5.41, 5.74) is 1.93. The molecule has 1 aromatic rings. The Bertz CT molecular complexity index is 1020. The smallest absolute Gasteiger partial charge is 0.255 e. The minimum absolute atomic E-state index is 0.0625. The molecule has 3 saturated heterocycles. The van der Waals surface area contributed by atoms with Gasteiger partial charge in [0, 0.05) is 48.3 Å². The van der Waals surface area contributed by atoms with Gasteiger partial charge in [-0.3, -0.25) is 39.6 Å². The fourth-order valence-corrected chi connectivity index (χ4v) is 5.75. The highest BCUT2D eigenvalue weighted by Gasteiger charge is 2.40. The van der Waals surface area contributed by atoms with Crippen LogP contribution in [-0.4, -0.2) is 83.9 Å². The van der Waals surface area contributed by atoms with E-state index in [1.165, 1.54) is 4.90 Å². The first-order valence-corrected chi connectivity index (χ1v) is 11.9. The molecule has 4 amide bonds. The summed E-state index contributed by atoms with van der Waals surface area (Å²) in [6, 6.07) is 2.96. The van der Waals surface area contributed by atoms with E-state index >= 15 is 0 Å². The molecule has 11 heteroatoms. The van der Waals surface area contributed by atoms with Crippen LogP contribution in [0.1, 0.15) is 28.8 Å². The van der Waals surface area contributed by atoms with Gasteiger partial charge in [-0.05, 0) is 53.8 Å². The van der Waals surface area contributed by atoms with Crippen LogP contribution < -0.4 is 16.0 Å². The maximum absolute atomic E-state index is 13.1. The summed E-state index contributed by atoms with van der Waals surface area (Å²) >= 11 is 2.16. The normalized spacial score (nSPS) is 28.5. The van der Waals surface area contributed by atoms with Crippen LogP contribution in [0.25, 0.3) is 0 Å². The van der Waals surface area contributed by atoms with Crippen LogP contribution in [0.5, 0.6) is 0 Å². The molecule has 3 atom stereocenters. The van der Waals surface area contributed by atoms with Crippen LogP contribution in [0, 0.1) is 9.49 Å². The molecule has 4 aliphatic heterocycles. The molecule has 0 bridgehead atoms. The average molecular weight is 552 g/mol. The largest absolute Gasteiger partial charge is 0.325 e. The molecule has 32 heavy (non-hydrogen) atoms. The molecular formula is C21H25IN6O4. The van der Waals surface area contributed by atoms with Crippen LogP contribution >= 0.6 is 22.6 Å². The highest BCUT2D eigenvalue weighted by atomic mass is 127. The lowest BCUT2D eigenvalue weighted by atomic mass is 10.0. The Labute approximate surface area is 199 Å². The third-order valence-corrected chi connectivity index (χ3v) is 7.58. The Kier molecular flexibility index (Phi) is 5.68. The van der Waals surface area contributed by atoms with Gasteiger partial charge in [-0.25, -0.2) is 0 Å². The number of imide groups is 1. The zero-order valence-electron chi connectivity index (χ0n) is 17.7. The second kappa shape index (κ2) is 8.36. The Morgan fingerprint density at radius 1 is 1.22 bits per heavy atom. The van der Waals surface area contributed by atoms with Crippen LogP contribution in [0.3, 0.4) is 0 Å². The number of hydrogen-bond donors (Lipinski definition) is 3. The van der Waals surface area contributed by atoms with Crippen molar-refractivity contribution >= 4 is 51.9 Å². The third-order valence-electron chi connectivity index (χ3n) is 6.69. The van der Waals surface area contributed by atoms with E-state index in [2.05, 4.69) is 48.3 Å². The van der Waals surface area contributed by atoms with E-state index in [1.54, 1.807) is 6.07 Å². The summed E-state index contributed by atoms with van der Waals surface area (Å²) in [6.45, 7) is 3.50. The number of amides is 4. The second-order valence-electron chi connectivity index (χ2n) is 8.84. The Morgan fingerprint density at radius 2 is 2.03 bits per heavy atom. The molecule has 0 radical (unpaired) electrons. The number of nitrogens with zero attached hydrogens (tertiary/aromatic N) is 3. The van der Waals surface area contributed by atoms with Crippen molar-refractivity contribution in [3.8, 4) is 0 Å². The van der Waals surface area contributed by atoms with E-state index in [0.717, 1.165) is 22.2 Å². The minimum Gasteiger partial charge on any atom is -0.325 e. The van der Waals surface area contributed by atoms with Crippen molar-refractivity contribution in [1.29, 1.82) is 0 Å². The minimum atomic E-state index is -0.650. The molecular weight excluding hydrogens is 527 g/mol. The molecule has 3 fully saturated rings. The maximum Gasteiger partial charge on any atom is 0.255 e. The number of rotatable bonds is 3. The third kappa shape index (κ3) is 3.80. The standard InChI is InChI=1S/C21H25IN6O4/c1-26-8-12(9-27-5-4-23-21(26)27)18(30)24-15-7-13-11(6-14(15)22)10-28(20(13)32)16-2-3-17(29)25-19(16)31/h6-7,12,16,21,23H,2-5,8-10H2,1H3,(H,24,30)(H,25,29,31). The fraction of sp³-hybridized carbons (Fsp3) is 0.524. The number of anilines is 1. The van der Waals surface area contributed by atoms with Crippen LogP contribution in [0.4, 0.5) is 5.69 Å². The molecule has 1 aromatic carbocycles. The van der Waals surface area contributed by atoms with Crippen molar-refractivity contribution in [2.75, 3.05) is 38.5 Å². The second-order valence-corrected chi connectivity index (χ2v) is 10.00. The Morgan fingerprint density at radius 3 is 2.81 bits per heavy atom. The van der Waals surface area contributed by atoms with Gasteiger partial charge in [0.25, 0.3) is 5.91 Å².